The maximum Gasteiger partial charge on any atom is 0.573 e. The Morgan fingerprint density at radius 2 is 1.67 bits per heavy atom. The Labute approximate surface area is 154 Å². The molecule has 0 aliphatic rings. The van der Waals surface area contributed by atoms with Crippen LogP contribution in [0.1, 0.15) is 18.9 Å². The second kappa shape index (κ2) is 9.07. The number of alkyl halides is 3. The molecule has 144 valence electrons. The van der Waals surface area contributed by atoms with Gasteiger partial charge in [0.05, 0.1) is 0 Å². The van der Waals surface area contributed by atoms with Crippen molar-refractivity contribution in [3.05, 3.63) is 60.2 Å². The van der Waals surface area contributed by atoms with Gasteiger partial charge in [0.2, 0.25) is 0 Å². The second-order valence-electron chi connectivity index (χ2n) is 5.68. The highest BCUT2D eigenvalue weighted by Crippen LogP contribution is 2.24. The molecule has 27 heavy (non-hydrogen) atoms. The van der Waals surface area contributed by atoms with Crippen molar-refractivity contribution in [2.75, 3.05) is 5.32 Å². The third-order valence-corrected chi connectivity index (χ3v) is 3.49. The van der Waals surface area contributed by atoms with Crippen molar-refractivity contribution in [3.8, 4) is 5.75 Å². The predicted molar refractivity (Wildman–Crippen MR) is 92.1 cm³/mol. The molecule has 0 saturated carbocycles. The van der Waals surface area contributed by atoms with Gasteiger partial charge in [0, 0.05) is 12.1 Å². The summed E-state index contributed by atoms with van der Waals surface area (Å²) in [7, 11) is 0. The summed E-state index contributed by atoms with van der Waals surface area (Å²) in [4.78, 5) is 23.9. The minimum Gasteiger partial charge on any atom is -0.453 e. The summed E-state index contributed by atoms with van der Waals surface area (Å²) < 4.78 is 45.1. The topological polar surface area (TPSA) is 64.6 Å². The van der Waals surface area contributed by atoms with Crippen molar-refractivity contribution >= 4 is 17.6 Å². The Morgan fingerprint density at radius 1 is 1.04 bits per heavy atom. The number of hydrogen-bond donors (Lipinski definition) is 1. The molecule has 0 heterocycles. The fourth-order valence-corrected chi connectivity index (χ4v) is 2.18. The van der Waals surface area contributed by atoms with E-state index in [9.17, 15) is 22.8 Å². The zero-order chi connectivity index (χ0) is 19.9. The number of carbonyl (C=O) groups excluding carboxylic acids is 2. The van der Waals surface area contributed by atoms with Gasteiger partial charge >= 0.3 is 12.3 Å². The van der Waals surface area contributed by atoms with Crippen LogP contribution in [0.15, 0.2) is 54.6 Å². The Hall–Kier alpha value is -3.03. The number of aryl methyl sites for hydroxylation is 1. The number of carbonyl (C=O) groups is 2. The SMILES string of the molecule is CC(OC(=O)CCc1ccccc1)C(=O)Nc1ccc(OC(F)(F)F)cc1. The van der Waals surface area contributed by atoms with Gasteiger partial charge < -0.3 is 14.8 Å². The molecule has 0 bridgehead atoms. The van der Waals surface area contributed by atoms with E-state index in [0.29, 0.717) is 6.42 Å². The molecular formula is C19H18F3NO4. The average Bonchev–Trinajstić information content (AvgIpc) is 2.61. The molecule has 0 aromatic heterocycles. The number of halogens is 3. The van der Waals surface area contributed by atoms with Crippen LogP contribution in [0.3, 0.4) is 0 Å². The van der Waals surface area contributed by atoms with Gasteiger partial charge in [0.1, 0.15) is 5.75 Å². The van der Waals surface area contributed by atoms with Crippen molar-refractivity contribution in [1.29, 1.82) is 0 Å². The third kappa shape index (κ3) is 7.39. The van der Waals surface area contributed by atoms with E-state index >= 15 is 0 Å². The van der Waals surface area contributed by atoms with Crippen LogP contribution >= 0.6 is 0 Å². The van der Waals surface area contributed by atoms with Crippen molar-refractivity contribution < 1.29 is 32.2 Å². The molecule has 0 aliphatic heterocycles. The second-order valence-corrected chi connectivity index (χ2v) is 5.68. The lowest BCUT2D eigenvalue weighted by molar-refractivity contribution is -0.274. The van der Waals surface area contributed by atoms with Crippen molar-refractivity contribution in [2.24, 2.45) is 0 Å². The van der Waals surface area contributed by atoms with E-state index < -0.39 is 30.1 Å². The molecule has 0 spiro atoms. The Balaban J connectivity index is 1.80. The molecule has 0 fully saturated rings. The van der Waals surface area contributed by atoms with Crippen LogP contribution in [0.5, 0.6) is 5.75 Å². The van der Waals surface area contributed by atoms with Crippen LogP contribution in [-0.2, 0) is 20.7 Å². The summed E-state index contributed by atoms with van der Waals surface area (Å²) in [5, 5.41) is 2.46. The average molecular weight is 381 g/mol. The van der Waals surface area contributed by atoms with Crippen LogP contribution in [0.4, 0.5) is 18.9 Å². The van der Waals surface area contributed by atoms with Gasteiger partial charge in [-0.05, 0) is 43.2 Å². The van der Waals surface area contributed by atoms with Gasteiger partial charge in [-0.25, -0.2) is 0 Å². The minimum absolute atomic E-state index is 0.130. The number of amides is 1. The molecule has 1 amide bonds. The molecule has 1 atom stereocenters. The smallest absolute Gasteiger partial charge is 0.453 e. The van der Waals surface area contributed by atoms with E-state index in [1.54, 1.807) is 0 Å². The predicted octanol–water partition coefficient (Wildman–Crippen LogP) is 4.09. The van der Waals surface area contributed by atoms with Crippen LogP contribution in [0, 0.1) is 0 Å². The molecule has 0 radical (unpaired) electrons. The summed E-state index contributed by atoms with van der Waals surface area (Å²) in [6, 6.07) is 14.0. The van der Waals surface area contributed by atoms with E-state index in [-0.39, 0.29) is 12.1 Å². The number of nitrogens with one attached hydrogen (secondary N) is 1. The summed E-state index contributed by atoms with van der Waals surface area (Å²) >= 11 is 0. The first kappa shape index (κ1) is 20.3. The Bertz CT molecular complexity index is 761. The molecule has 2 aromatic rings. The summed E-state index contributed by atoms with van der Waals surface area (Å²) in [5.41, 5.74) is 1.23. The van der Waals surface area contributed by atoms with Gasteiger partial charge in [0.15, 0.2) is 6.10 Å². The van der Waals surface area contributed by atoms with E-state index in [1.165, 1.54) is 19.1 Å². The Kier molecular flexibility index (Phi) is 6.81. The molecular weight excluding hydrogens is 363 g/mol. The zero-order valence-corrected chi connectivity index (χ0v) is 14.5. The molecule has 1 N–H and O–H groups in total. The number of benzene rings is 2. The van der Waals surface area contributed by atoms with Gasteiger partial charge in [-0.3, -0.25) is 9.59 Å². The summed E-state index contributed by atoms with van der Waals surface area (Å²) in [6.07, 6.45) is -5.20. The first-order valence-electron chi connectivity index (χ1n) is 8.13. The third-order valence-electron chi connectivity index (χ3n) is 3.49. The number of hydrogen-bond acceptors (Lipinski definition) is 4. The molecule has 5 nitrogen and oxygen atoms in total. The quantitative estimate of drug-likeness (QED) is 0.734. The zero-order valence-electron chi connectivity index (χ0n) is 14.5. The maximum atomic E-state index is 12.1. The van der Waals surface area contributed by atoms with Gasteiger partial charge in [-0.2, -0.15) is 0 Å². The standard InChI is InChI=1S/C19H18F3NO4/c1-13(26-17(24)12-7-14-5-3-2-4-6-14)18(25)23-15-8-10-16(11-9-15)27-19(20,21)22/h2-6,8-11,13H,7,12H2,1H3,(H,23,25). The van der Waals surface area contributed by atoms with Crippen molar-refractivity contribution in [2.45, 2.75) is 32.2 Å². The van der Waals surface area contributed by atoms with Crippen LogP contribution in [-0.4, -0.2) is 24.3 Å². The number of ether oxygens (including phenoxy) is 2. The number of anilines is 1. The van der Waals surface area contributed by atoms with Gasteiger partial charge in [-0.1, -0.05) is 30.3 Å². The van der Waals surface area contributed by atoms with Crippen LogP contribution < -0.4 is 10.1 Å². The highest BCUT2D eigenvalue weighted by atomic mass is 19.4. The largest absolute Gasteiger partial charge is 0.573 e. The van der Waals surface area contributed by atoms with E-state index in [1.807, 2.05) is 30.3 Å². The first-order valence-corrected chi connectivity index (χ1v) is 8.13. The minimum atomic E-state index is -4.78. The summed E-state index contributed by atoms with van der Waals surface area (Å²) in [6.45, 7) is 1.41. The lowest BCUT2D eigenvalue weighted by Crippen LogP contribution is -2.30. The van der Waals surface area contributed by atoms with E-state index in [0.717, 1.165) is 17.7 Å². The lowest BCUT2D eigenvalue weighted by Gasteiger charge is -2.14. The van der Waals surface area contributed by atoms with E-state index in [2.05, 4.69) is 10.1 Å². The molecule has 1 unspecified atom stereocenters. The molecule has 2 rings (SSSR count). The Morgan fingerprint density at radius 3 is 2.26 bits per heavy atom. The molecule has 8 heteroatoms. The fraction of sp³-hybridized carbons (Fsp3) is 0.263. The number of esters is 1. The normalized spacial score (nSPS) is 12.1. The van der Waals surface area contributed by atoms with Crippen LogP contribution in [0.25, 0.3) is 0 Å². The number of rotatable bonds is 7. The van der Waals surface area contributed by atoms with Crippen LogP contribution in [0.2, 0.25) is 0 Å². The molecule has 2 aromatic carbocycles. The maximum absolute atomic E-state index is 12.1. The first-order chi connectivity index (χ1) is 12.7. The molecule has 0 aliphatic carbocycles. The fourth-order valence-electron chi connectivity index (χ4n) is 2.18. The highest BCUT2D eigenvalue weighted by Gasteiger charge is 2.31. The van der Waals surface area contributed by atoms with Gasteiger partial charge in [-0.15, -0.1) is 13.2 Å². The summed E-state index contributed by atoms with van der Waals surface area (Å²) in [5.74, 6) is -1.51. The lowest BCUT2D eigenvalue weighted by atomic mass is 10.1. The van der Waals surface area contributed by atoms with E-state index in [4.69, 9.17) is 4.74 Å². The molecule has 0 saturated heterocycles. The van der Waals surface area contributed by atoms with Crippen molar-refractivity contribution in [1.82, 2.24) is 0 Å². The van der Waals surface area contributed by atoms with Crippen molar-refractivity contribution in [3.63, 3.8) is 0 Å². The van der Waals surface area contributed by atoms with Gasteiger partial charge in [0.25, 0.3) is 5.91 Å². The highest BCUT2D eigenvalue weighted by molar-refractivity contribution is 5.95. The monoisotopic (exact) mass is 381 g/mol.